The molecular formula is C14H23NO. The predicted molar refractivity (Wildman–Crippen MR) is 68.5 cm³/mol. The third-order valence-corrected chi connectivity index (χ3v) is 2.86. The number of aliphatic hydroxyl groups is 1. The summed E-state index contributed by atoms with van der Waals surface area (Å²) in [6, 6.07) is 9.08. The monoisotopic (exact) mass is 221 g/mol. The number of aryl methyl sites for hydroxylation is 1. The lowest BCUT2D eigenvalue weighted by molar-refractivity contribution is 0.185. The van der Waals surface area contributed by atoms with Gasteiger partial charge in [0.1, 0.15) is 0 Å². The zero-order valence-electron chi connectivity index (χ0n) is 10.5. The lowest BCUT2D eigenvalue weighted by atomic mass is 10.0. The standard InChI is InChI=1S/C14H23NO/c1-4-12-6-8-13(9-7-12)14(5-2)15-10-11(3)16/h6-9,11,14-16H,4-5,10H2,1-3H3/t11-,14?/m0/s1. The van der Waals surface area contributed by atoms with Crippen molar-refractivity contribution in [2.45, 2.75) is 45.8 Å². The molecule has 0 saturated carbocycles. The van der Waals surface area contributed by atoms with Gasteiger partial charge in [-0.1, -0.05) is 38.1 Å². The minimum atomic E-state index is -0.288. The van der Waals surface area contributed by atoms with E-state index in [1.807, 2.05) is 0 Å². The number of aliphatic hydroxyl groups excluding tert-OH is 1. The Morgan fingerprint density at radius 1 is 1.19 bits per heavy atom. The fourth-order valence-electron chi connectivity index (χ4n) is 1.80. The number of hydrogen-bond donors (Lipinski definition) is 2. The summed E-state index contributed by atoms with van der Waals surface area (Å²) in [5.74, 6) is 0. The van der Waals surface area contributed by atoms with Crippen molar-refractivity contribution in [3.05, 3.63) is 35.4 Å². The van der Waals surface area contributed by atoms with E-state index in [4.69, 9.17) is 0 Å². The molecule has 2 N–H and O–H groups in total. The van der Waals surface area contributed by atoms with Gasteiger partial charge < -0.3 is 10.4 Å². The lowest BCUT2D eigenvalue weighted by Gasteiger charge is -2.18. The van der Waals surface area contributed by atoms with Gasteiger partial charge in [-0.15, -0.1) is 0 Å². The zero-order valence-corrected chi connectivity index (χ0v) is 10.5. The normalized spacial score (nSPS) is 14.8. The molecule has 2 heteroatoms. The van der Waals surface area contributed by atoms with Gasteiger partial charge in [0.2, 0.25) is 0 Å². The Bertz CT molecular complexity index is 292. The van der Waals surface area contributed by atoms with Gasteiger partial charge in [-0.05, 0) is 30.9 Å². The van der Waals surface area contributed by atoms with Crippen LogP contribution >= 0.6 is 0 Å². The highest BCUT2D eigenvalue weighted by Gasteiger charge is 2.09. The molecule has 0 aliphatic heterocycles. The van der Waals surface area contributed by atoms with Gasteiger partial charge in [-0.3, -0.25) is 0 Å². The molecule has 1 rings (SSSR count). The van der Waals surface area contributed by atoms with E-state index in [0.29, 0.717) is 12.6 Å². The Morgan fingerprint density at radius 3 is 2.25 bits per heavy atom. The first kappa shape index (κ1) is 13.2. The molecule has 1 unspecified atom stereocenters. The lowest BCUT2D eigenvalue weighted by Crippen LogP contribution is -2.28. The van der Waals surface area contributed by atoms with E-state index in [0.717, 1.165) is 12.8 Å². The molecule has 0 aliphatic carbocycles. The first-order valence-corrected chi connectivity index (χ1v) is 6.17. The van der Waals surface area contributed by atoms with E-state index < -0.39 is 0 Å². The van der Waals surface area contributed by atoms with Gasteiger partial charge in [0.05, 0.1) is 6.10 Å². The van der Waals surface area contributed by atoms with Gasteiger partial charge in [-0.25, -0.2) is 0 Å². The molecule has 1 aromatic rings. The second-order valence-corrected chi connectivity index (χ2v) is 4.31. The Hall–Kier alpha value is -0.860. The van der Waals surface area contributed by atoms with Crippen molar-refractivity contribution in [1.82, 2.24) is 5.32 Å². The summed E-state index contributed by atoms with van der Waals surface area (Å²) in [6.45, 7) is 6.78. The molecule has 16 heavy (non-hydrogen) atoms. The average Bonchev–Trinajstić information content (AvgIpc) is 2.30. The third kappa shape index (κ3) is 3.95. The topological polar surface area (TPSA) is 32.3 Å². The van der Waals surface area contributed by atoms with Crippen LogP contribution in [0.1, 0.15) is 44.4 Å². The van der Waals surface area contributed by atoms with Crippen molar-refractivity contribution >= 4 is 0 Å². The first-order chi connectivity index (χ1) is 7.67. The van der Waals surface area contributed by atoms with Crippen molar-refractivity contribution in [2.24, 2.45) is 0 Å². The molecule has 90 valence electrons. The van der Waals surface area contributed by atoms with Gasteiger partial charge in [0.15, 0.2) is 0 Å². The van der Waals surface area contributed by atoms with Gasteiger partial charge in [-0.2, -0.15) is 0 Å². The molecule has 2 atom stereocenters. The highest BCUT2D eigenvalue weighted by atomic mass is 16.3. The molecule has 0 aliphatic rings. The van der Waals surface area contributed by atoms with Crippen LogP contribution in [0.15, 0.2) is 24.3 Å². The Morgan fingerprint density at radius 2 is 1.81 bits per heavy atom. The molecule has 0 radical (unpaired) electrons. The maximum absolute atomic E-state index is 9.26. The van der Waals surface area contributed by atoms with Gasteiger partial charge in [0, 0.05) is 12.6 Å². The summed E-state index contributed by atoms with van der Waals surface area (Å²) in [4.78, 5) is 0. The Labute approximate surface area is 98.7 Å². The third-order valence-electron chi connectivity index (χ3n) is 2.86. The minimum absolute atomic E-state index is 0.288. The molecular weight excluding hydrogens is 198 g/mol. The summed E-state index contributed by atoms with van der Waals surface area (Å²) in [7, 11) is 0. The van der Waals surface area contributed by atoms with Gasteiger partial charge in [0.25, 0.3) is 0 Å². The van der Waals surface area contributed by atoms with Crippen molar-refractivity contribution in [3.8, 4) is 0 Å². The quantitative estimate of drug-likeness (QED) is 0.774. The fourth-order valence-corrected chi connectivity index (χ4v) is 1.80. The van der Waals surface area contributed by atoms with Crippen LogP contribution in [-0.4, -0.2) is 17.8 Å². The predicted octanol–water partition coefficient (Wildman–Crippen LogP) is 2.67. The van der Waals surface area contributed by atoms with Crippen LogP contribution in [0.4, 0.5) is 0 Å². The van der Waals surface area contributed by atoms with E-state index in [2.05, 4.69) is 43.4 Å². The van der Waals surface area contributed by atoms with Crippen molar-refractivity contribution < 1.29 is 5.11 Å². The average molecular weight is 221 g/mol. The zero-order chi connectivity index (χ0) is 12.0. The van der Waals surface area contributed by atoms with Crippen molar-refractivity contribution in [1.29, 1.82) is 0 Å². The minimum Gasteiger partial charge on any atom is -0.392 e. The van der Waals surface area contributed by atoms with Crippen LogP contribution in [0.5, 0.6) is 0 Å². The van der Waals surface area contributed by atoms with E-state index in [-0.39, 0.29) is 6.10 Å². The molecule has 0 amide bonds. The molecule has 1 aromatic carbocycles. The highest BCUT2D eigenvalue weighted by Crippen LogP contribution is 2.17. The van der Waals surface area contributed by atoms with E-state index >= 15 is 0 Å². The Balaban J connectivity index is 2.63. The van der Waals surface area contributed by atoms with E-state index in [1.165, 1.54) is 11.1 Å². The highest BCUT2D eigenvalue weighted by molar-refractivity contribution is 5.25. The number of rotatable bonds is 6. The molecule has 0 fully saturated rings. The summed E-state index contributed by atoms with van der Waals surface area (Å²) < 4.78 is 0. The molecule has 2 nitrogen and oxygen atoms in total. The Kier molecular flexibility index (Phi) is 5.50. The fraction of sp³-hybridized carbons (Fsp3) is 0.571. The number of nitrogens with one attached hydrogen (secondary N) is 1. The van der Waals surface area contributed by atoms with Crippen LogP contribution < -0.4 is 5.32 Å². The summed E-state index contributed by atoms with van der Waals surface area (Å²) in [6.07, 6.45) is 1.83. The van der Waals surface area contributed by atoms with Crippen LogP contribution in [0.3, 0.4) is 0 Å². The molecule has 0 heterocycles. The SMILES string of the molecule is CCc1ccc(C(CC)NC[C@H](C)O)cc1. The van der Waals surface area contributed by atoms with Crippen molar-refractivity contribution in [3.63, 3.8) is 0 Å². The second kappa shape index (κ2) is 6.66. The smallest absolute Gasteiger partial charge is 0.0636 e. The van der Waals surface area contributed by atoms with Gasteiger partial charge >= 0.3 is 0 Å². The summed E-state index contributed by atoms with van der Waals surface area (Å²) in [5, 5.41) is 12.6. The number of hydrogen-bond acceptors (Lipinski definition) is 2. The summed E-state index contributed by atoms with van der Waals surface area (Å²) in [5.41, 5.74) is 2.68. The van der Waals surface area contributed by atoms with E-state index in [9.17, 15) is 5.11 Å². The van der Waals surface area contributed by atoms with Crippen LogP contribution in [-0.2, 0) is 6.42 Å². The number of benzene rings is 1. The van der Waals surface area contributed by atoms with Crippen LogP contribution in [0, 0.1) is 0 Å². The second-order valence-electron chi connectivity index (χ2n) is 4.31. The van der Waals surface area contributed by atoms with E-state index in [1.54, 1.807) is 6.92 Å². The molecule has 0 saturated heterocycles. The first-order valence-electron chi connectivity index (χ1n) is 6.17. The van der Waals surface area contributed by atoms with Crippen molar-refractivity contribution in [2.75, 3.05) is 6.54 Å². The molecule has 0 aromatic heterocycles. The molecule has 0 spiro atoms. The summed E-state index contributed by atoms with van der Waals surface area (Å²) >= 11 is 0. The largest absolute Gasteiger partial charge is 0.392 e. The maximum atomic E-state index is 9.26. The van der Waals surface area contributed by atoms with Crippen LogP contribution in [0.2, 0.25) is 0 Å². The maximum Gasteiger partial charge on any atom is 0.0636 e. The van der Waals surface area contributed by atoms with Crippen LogP contribution in [0.25, 0.3) is 0 Å². The molecule has 0 bridgehead atoms.